The molecule has 2 heterocycles. The van der Waals surface area contributed by atoms with Crippen LogP contribution >= 0.6 is 11.3 Å². The van der Waals surface area contributed by atoms with Crippen LogP contribution < -0.4 is 29.1 Å². The van der Waals surface area contributed by atoms with Gasteiger partial charge in [0.05, 0.1) is 52.7 Å². The fraction of sp³-hybridized carbons (Fsp3) is 0.242. The molecule has 1 aliphatic heterocycles. The zero-order valence-corrected chi connectivity index (χ0v) is 26.8. The number of halogens is 3. The van der Waals surface area contributed by atoms with Gasteiger partial charge in [0, 0.05) is 6.07 Å². The fourth-order valence-corrected chi connectivity index (χ4v) is 6.10. The number of nitro groups is 1. The smallest absolute Gasteiger partial charge is 0.416 e. The third-order valence-electron chi connectivity index (χ3n) is 7.22. The van der Waals surface area contributed by atoms with Crippen LogP contribution in [-0.2, 0) is 15.7 Å². The van der Waals surface area contributed by atoms with Crippen LogP contribution in [-0.4, -0.2) is 35.8 Å². The van der Waals surface area contributed by atoms with Crippen molar-refractivity contribution in [1.29, 1.82) is 0 Å². The summed E-state index contributed by atoms with van der Waals surface area (Å²) in [4.78, 5) is 42.6. The van der Waals surface area contributed by atoms with E-state index in [-0.39, 0.29) is 34.8 Å². The van der Waals surface area contributed by atoms with Gasteiger partial charge in [-0.3, -0.25) is 19.5 Å². The van der Waals surface area contributed by atoms with E-state index in [1.54, 1.807) is 57.2 Å². The molecule has 0 N–H and O–H groups in total. The number of alkyl halides is 3. The van der Waals surface area contributed by atoms with E-state index in [0.29, 0.717) is 39.5 Å². The first kappa shape index (κ1) is 33.9. The van der Waals surface area contributed by atoms with Gasteiger partial charge in [-0.1, -0.05) is 29.5 Å². The Morgan fingerprint density at radius 3 is 2.38 bits per heavy atom. The summed E-state index contributed by atoms with van der Waals surface area (Å²) in [5.74, 6) is -0.285. The zero-order chi connectivity index (χ0) is 34.7. The predicted molar refractivity (Wildman–Crippen MR) is 169 cm³/mol. The third-order valence-corrected chi connectivity index (χ3v) is 8.20. The number of methoxy groups -OCH3 is 1. The highest BCUT2D eigenvalue weighted by Gasteiger charge is 2.35. The van der Waals surface area contributed by atoms with Crippen molar-refractivity contribution in [2.75, 3.05) is 20.3 Å². The highest BCUT2D eigenvalue weighted by atomic mass is 32.1. The van der Waals surface area contributed by atoms with E-state index in [2.05, 4.69) is 4.99 Å². The Labute approximate surface area is 274 Å². The summed E-state index contributed by atoms with van der Waals surface area (Å²) in [5, 5.41) is 11.6. The number of esters is 1. The number of carbonyl (C=O) groups is 1. The summed E-state index contributed by atoms with van der Waals surface area (Å²) in [5.41, 5.74) is -0.743. The van der Waals surface area contributed by atoms with Gasteiger partial charge in [-0.2, -0.15) is 13.2 Å². The highest BCUT2D eigenvalue weighted by Crippen LogP contribution is 2.40. The van der Waals surface area contributed by atoms with E-state index in [4.69, 9.17) is 18.9 Å². The molecule has 0 radical (unpaired) electrons. The minimum Gasteiger partial charge on any atom is -0.497 e. The Kier molecular flexibility index (Phi) is 9.70. The zero-order valence-electron chi connectivity index (χ0n) is 26.0. The van der Waals surface area contributed by atoms with E-state index in [1.807, 2.05) is 0 Å². The van der Waals surface area contributed by atoms with Crippen LogP contribution in [0, 0.1) is 10.1 Å². The quantitative estimate of drug-likeness (QED) is 0.114. The first-order valence-corrected chi connectivity index (χ1v) is 15.3. The maximum atomic E-state index is 14.0. The number of ether oxygens (including phenoxy) is 4. The molecule has 0 amide bonds. The van der Waals surface area contributed by atoms with E-state index < -0.39 is 45.7 Å². The SMILES string of the molecule is CCOC(=O)C1=C(C)N=c2s/c(=C/c3ccc(Oc4ccc(C(F)(F)F)cc4[N+](=O)[O-])c(OCC)c3)c(=O)n2[C@H]1c1ccc(OC)cc1. The molecule has 4 aromatic rings. The molecule has 0 saturated heterocycles. The van der Waals surface area contributed by atoms with Gasteiger partial charge >= 0.3 is 17.8 Å². The molecule has 15 heteroatoms. The second kappa shape index (κ2) is 13.7. The lowest BCUT2D eigenvalue weighted by Gasteiger charge is -2.24. The largest absolute Gasteiger partial charge is 0.497 e. The Morgan fingerprint density at radius 1 is 1.04 bits per heavy atom. The Hall–Kier alpha value is -5.44. The van der Waals surface area contributed by atoms with Gasteiger partial charge in [-0.15, -0.1) is 0 Å². The van der Waals surface area contributed by atoms with Crippen LogP contribution in [0.15, 0.2) is 81.7 Å². The van der Waals surface area contributed by atoms with Gasteiger partial charge in [0.25, 0.3) is 5.56 Å². The van der Waals surface area contributed by atoms with Crippen molar-refractivity contribution >= 4 is 29.1 Å². The van der Waals surface area contributed by atoms with Crippen molar-refractivity contribution in [1.82, 2.24) is 4.57 Å². The van der Waals surface area contributed by atoms with Gasteiger partial charge in [-0.25, -0.2) is 9.79 Å². The Bertz CT molecular complexity index is 2100. The molecular formula is C33H28F3N3O8S. The lowest BCUT2D eigenvalue weighted by Crippen LogP contribution is -2.39. The molecule has 1 aromatic heterocycles. The molecule has 0 saturated carbocycles. The molecule has 1 aliphatic rings. The molecule has 0 aliphatic carbocycles. The van der Waals surface area contributed by atoms with Gasteiger partial charge < -0.3 is 18.9 Å². The number of rotatable bonds is 10. The van der Waals surface area contributed by atoms with Crippen LogP contribution in [0.25, 0.3) is 6.08 Å². The average Bonchev–Trinajstić information content (AvgIpc) is 3.34. The number of aromatic nitrogens is 1. The first-order chi connectivity index (χ1) is 22.9. The number of nitrogens with zero attached hydrogens (tertiary/aromatic N) is 3. The molecule has 5 rings (SSSR count). The summed E-state index contributed by atoms with van der Waals surface area (Å²) >= 11 is 1.11. The van der Waals surface area contributed by atoms with E-state index in [9.17, 15) is 32.9 Å². The maximum absolute atomic E-state index is 14.0. The van der Waals surface area contributed by atoms with Gasteiger partial charge in [0.2, 0.25) is 5.75 Å². The minimum atomic E-state index is -4.78. The summed E-state index contributed by atoms with van der Waals surface area (Å²) in [6.45, 7) is 5.34. The molecule has 0 fully saturated rings. The molecule has 250 valence electrons. The summed E-state index contributed by atoms with van der Waals surface area (Å²) in [7, 11) is 1.53. The van der Waals surface area contributed by atoms with Crippen molar-refractivity contribution in [2.45, 2.75) is 33.0 Å². The van der Waals surface area contributed by atoms with Gasteiger partial charge in [0.15, 0.2) is 16.3 Å². The lowest BCUT2D eigenvalue weighted by atomic mass is 9.96. The van der Waals surface area contributed by atoms with Crippen LogP contribution in [0.4, 0.5) is 18.9 Å². The van der Waals surface area contributed by atoms with Crippen LogP contribution in [0.5, 0.6) is 23.0 Å². The van der Waals surface area contributed by atoms with E-state index in [1.165, 1.54) is 23.8 Å². The first-order valence-electron chi connectivity index (χ1n) is 14.5. The van der Waals surface area contributed by atoms with Gasteiger partial charge in [-0.05, 0) is 74.4 Å². The summed E-state index contributed by atoms with van der Waals surface area (Å²) in [6, 6.07) is 12.6. The van der Waals surface area contributed by atoms with Crippen molar-refractivity contribution in [3.63, 3.8) is 0 Å². The second-order valence-corrected chi connectivity index (χ2v) is 11.3. The van der Waals surface area contributed by atoms with Crippen LogP contribution in [0.3, 0.4) is 0 Å². The Balaban J connectivity index is 1.58. The van der Waals surface area contributed by atoms with E-state index in [0.717, 1.165) is 17.4 Å². The fourth-order valence-electron chi connectivity index (χ4n) is 5.05. The van der Waals surface area contributed by atoms with Crippen molar-refractivity contribution in [3.8, 4) is 23.0 Å². The van der Waals surface area contributed by atoms with Gasteiger partial charge in [0.1, 0.15) is 5.75 Å². The molecule has 0 bridgehead atoms. The number of nitro benzene ring substituents is 1. The number of hydrogen-bond donors (Lipinski definition) is 0. The molecule has 11 nitrogen and oxygen atoms in total. The van der Waals surface area contributed by atoms with Crippen molar-refractivity contribution < 1.29 is 41.8 Å². The average molecular weight is 684 g/mol. The van der Waals surface area contributed by atoms with Crippen molar-refractivity contribution in [2.24, 2.45) is 4.99 Å². The Morgan fingerprint density at radius 2 is 1.75 bits per heavy atom. The monoisotopic (exact) mass is 683 g/mol. The standard InChI is InChI=1S/C33H28F3N3O8S/c1-5-45-26-15-19(7-13-25(26)47-24-14-10-21(33(34,35)36)17-23(24)39(42)43)16-27-30(40)38-29(20-8-11-22(44-4)12-9-20)28(31(41)46-6-2)18(3)37-32(38)48-27/h7-17,29H,5-6H2,1-4H3/b27-16+/t29-/m0/s1. The number of carbonyl (C=O) groups excluding carboxylic acids is 1. The third kappa shape index (κ3) is 6.81. The van der Waals surface area contributed by atoms with E-state index >= 15 is 0 Å². The number of thiazole rings is 1. The number of hydrogen-bond acceptors (Lipinski definition) is 10. The minimum absolute atomic E-state index is 0.00697. The second-order valence-electron chi connectivity index (χ2n) is 10.3. The maximum Gasteiger partial charge on any atom is 0.416 e. The number of allylic oxidation sites excluding steroid dienone is 1. The molecule has 48 heavy (non-hydrogen) atoms. The summed E-state index contributed by atoms with van der Waals surface area (Å²) in [6.07, 6.45) is -3.20. The molecule has 0 unspecified atom stereocenters. The number of fused-ring (bicyclic) bond motifs is 1. The summed E-state index contributed by atoms with van der Waals surface area (Å²) < 4.78 is 63.2. The molecule has 1 atom stereocenters. The lowest BCUT2D eigenvalue weighted by molar-refractivity contribution is -0.385. The topological polar surface area (TPSA) is 131 Å². The normalized spacial score (nSPS) is 14.6. The highest BCUT2D eigenvalue weighted by molar-refractivity contribution is 7.07. The van der Waals surface area contributed by atoms with Crippen LogP contribution in [0.2, 0.25) is 0 Å². The number of benzene rings is 3. The predicted octanol–water partition coefficient (Wildman–Crippen LogP) is 5.92. The molecule has 3 aromatic carbocycles. The molecule has 0 spiro atoms. The van der Waals surface area contributed by atoms with Crippen molar-refractivity contribution in [3.05, 3.63) is 118 Å². The molecular weight excluding hydrogens is 655 g/mol. The van der Waals surface area contributed by atoms with Crippen LogP contribution in [0.1, 0.15) is 43.5 Å².